The summed E-state index contributed by atoms with van der Waals surface area (Å²) in [4.78, 5) is 33.2. The Balaban J connectivity index is 1.75. The van der Waals surface area contributed by atoms with Crippen molar-refractivity contribution in [1.29, 1.82) is 0 Å². The number of benzene rings is 1. The smallest absolute Gasteiger partial charge is 0.242 e. The van der Waals surface area contributed by atoms with Crippen molar-refractivity contribution in [3.05, 3.63) is 54.4 Å². The number of rotatable bonds is 2. The van der Waals surface area contributed by atoms with E-state index in [0.29, 0.717) is 23.6 Å². The molecule has 4 rings (SSSR count). The predicted molar refractivity (Wildman–Crippen MR) is 84.9 cm³/mol. The molecule has 1 N–H and O–H groups in total. The average Bonchev–Trinajstić information content (AvgIpc) is 2.92. The summed E-state index contributed by atoms with van der Waals surface area (Å²) in [6, 6.07) is 7.56. The number of carbonyl (C=O) groups is 2. The topological polar surface area (TPSA) is 76.9 Å². The third-order valence-corrected chi connectivity index (χ3v) is 4.11. The second-order valence-electron chi connectivity index (χ2n) is 5.63. The fourth-order valence-corrected chi connectivity index (χ4v) is 3.00. The van der Waals surface area contributed by atoms with Crippen LogP contribution in [0.3, 0.4) is 0 Å². The van der Waals surface area contributed by atoms with Gasteiger partial charge in [-0.1, -0.05) is 0 Å². The van der Waals surface area contributed by atoms with E-state index in [4.69, 9.17) is 0 Å². The van der Waals surface area contributed by atoms with E-state index in [1.54, 1.807) is 30.6 Å². The van der Waals surface area contributed by atoms with Crippen molar-refractivity contribution in [3.8, 4) is 0 Å². The molecular weight excluding hydrogens is 311 g/mol. The fourth-order valence-electron chi connectivity index (χ4n) is 3.00. The van der Waals surface area contributed by atoms with Crippen molar-refractivity contribution in [2.75, 3.05) is 5.32 Å². The number of halogens is 1. The standard InChI is InChI=1S/C17H13FN4O2/c18-10-1-2-13-12(9-10)21-16-15(14(23)5-8-22(13)16)17(24)20-11-3-6-19-7-4-11/h1-4,6-7,9,15H,5,8H2,(H,19,20,24). The number of aryl methyl sites for hydroxylation is 1. The maximum atomic E-state index is 13.4. The average molecular weight is 324 g/mol. The summed E-state index contributed by atoms with van der Waals surface area (Å²) < 4.78 is 15.2. The predicted octanol–water partition coefficient (Wildman–Crippen LogP) is 2.27. The van der Waals surface area contributed by atoms with E-state index in [1.807, 2.05) is 4.57 Å². The van der Waals surface area contributed by atoms with Gasteiger partial charge in [0.15, 0.2) is 11.7 Å². The maximum absolute atomic E-state index is 13.4. The lowest BCUT2D eigenvalue weighted by molar-refractivity contribution is -0.128. The maximum Gasteiger partial charge on any atom is 0.242 e. The highest BCUT2D eigenvalue weighted by atomic mass is 19.1. The number of Topliss-reactive ketones (excluding diaryl/α,β-unsaturated/α-hetero) is 1. The Kier molecular flexibility index (Phi) is 3.34. The number of hydrogen-bond donors (Lipinski definition) is 1. The summed E-state index contributed by atoms with van der Waals surface area (Å²) in [7, 11) is 0. The fraction of sp³-hybridized carbons (Fsp3) is 0.176. The van der Waals surface area contributed by atoms with E-state index in [9.17, 15) is 14.0 Å². The van der Waals surface area contributed by atoms with Crippen LogP contribution in [0.15, 0.2) is 42.7 Å². The van der Waals surface area contributed by atoms with Gasteiger partial charge in [-0.15, -0.1) is 0 Å². The molecule has 7 heteroatoms. The highest BCUT2D eigenvalue weighted by Crippen LogP contribution is 2.29. The molecule has 0 spiro atoms. The Labute approximate surface area is 136 Å². The van der Waals surface area contributed by atoms with Crippen LogP contribution in [0.2, 0.25) is 0 Å². The number of hydrogen-bond acceptors (Lipinski definition) is 4. The minimum atomic E-state index is -0.998. The number of nitrogens with zero attached hydrogens (tertiary/aromatic N) is 3. The van der Waals surface area contributed by atoms with Gasteiger partial charge in [-0.2, -0.15) is 0 Å². The van der Waals surface area contributed by atoms with Crippen LogP contribution >= 0.6 is 0 Å². The highest BCUT2D eigenvalue weighted by molar-refractivity contribution is 6.12. The Morgan fingerprint density at radius 1 is 1.25 bits per heavy atom. The highest BCUT2D eigenvalue weighted by Gasteiger charge is 2.36. The molecule has 1 atom stereocenters. The van der Waals surface area contributed by atoms with E-state index in [-0.39, 0.29) is 12.2 Å². The van der Waals surface area contributed by atoms with Crippen LogP contribution in [0.4, 0.5) is 10.1 Å². The molecule has 120 valence electrons. The molecule has 1 aliphatic rings. The van der Waals surface area contributed by atoms with E-state index in [0.717, 1.165) is 5.52 Å². The molecule has 1 amide bonds. The van der Waals surface area contributed by atoms with Gasteiger partial charge in [-0.3, -0.25) is 14.6 Å². The van der Waals surface area contributed by atoms with Gasteiger partial charge in [0.2, 0.25) is 5.91 Å². The zero-order valence-electron chi connectivity index (χ0n) is 12.6. The first-order valence-corrected chi connectivity index (χ1v) is 7.53. The van der Waals surface area contributed by atoms with Crippen LogP contribution in [-0.4, -0.2) is 26.2 Å². The molecule has 0 aliphatic carbocycles. The molecule has 0 fully saturated rings. The number of amides is 1. The number of ketones is 1. The first-order chi connectivity index (χ1) is 11.6. The van der Waals surface area contributed by atoms with Crippen LogP contribution < -0.4 is 5.32 Å². The molecule has 0 radical (unpaired) electrons. The molecule has 1 aliphatic heterocycles. The number of pyridine rings is 1. The number of anilines is 1. The van der Waals surface area contributed by atoms with E-state index >= 15 is 0 Å². The molecule has 24 heavy (non-hydrogen) atoms. The number of nitrogens with one attached hydrogen (secondary N) is 1. The Morgan fingerprint density at radius 3 is 2.83 bits per heavy atom. The SMILES string of the molecule is O=C1CCn2c(nc3cc(F)ccc32)C1C(=O)Nc1ccncc1. The third kappa shape index (κ3) is 2.34. The number of carbonyl (C=O) groups excluding carboxylic acids is 2. The second kappa shape index (κ2) is 5.52. The molecule has 6 nitrogen and oxygen atoms in total. The molecule has 1 unspecified atom stereocenters. The Bertz CT molecular complexity index is 952. The lowest BCUT2D eigenvalue weighted by Gasteiger charge is -2.22. The van der Waals surface area contributed by atoms with Crippen LogP contribution in [0.25, 0.3) is 11.0 Å². The second-order valence-corrected chi connectivity index (χ2v) is 5.63. The van der Waals surface area contributed by atoms with Gasteiger partial charge < -0.3 is 9.88 Å². The minimum Gasteiger partial charge on any atom is -0.326 e. The lowest BCUT2D eigenvalue weighted by atomic mass is 9.96. The molecule has 3 aromatic rings. The number of fused-ring (bicyclic) bond motifs is 3. The monoisotopic (exact) mass is 324 g/mol. The molecule has 0 bridgehead atoms. The largest absolute Gasteiger partial charge is 0.326 e. The van der Waals surface area contributed by atoms with E-state index < -0.39 is 17.6 Å². The molecular formula is C17H13FN4O2. The lowest BCUT2D eigenvalue weighted by Crippen LogP contribution is -2.34. The van der Waals surface area contributed by atoms with Crippen LogP contribution in [0.1, 0.15) is 18.2 Å². The molecule has 3 heterocycles. The van der Waals surface area contributed by atoms with Gasteiger partial charge in [0.25, 0.3) is 0 Å². The van der Waals surface area contributed by atoms with Crippen molar-refractivity contribution in [2.45, 2.75) is 18.9 Å². The normalized spacial score (nSPS) is 16.9. The van der Waals surface area contributed by atoms with Crippen molar-refractivity contribution in [1.82, 2.24) is 14.5 Å². The summed E-state index contributed by atoms with van der Waals surface area (Å²) in [5.41, 5.74) is 1.73. The van der Waals surface area contributed by atoms with Gasteiger partial charge in [-0.25, -0.2) is 9.37 Å². The van der Waals surface area contributed by atoms with Crippen LogP contribution in [0.5, 0.6) is 0 Å². The molecule has 0 saturated carbocycles. The molecule has 0 saturated heterocycles. The summed E-state index contributed by atoms with van der Waals surface area (Å²) in [5, 5.41) is 2.71. The van der Waals surface area contributed by atoms with E-state index in [1.165, 1.54) is 12.1 Å². The van der Waals surface area contributed by atoms with Crippen molar-refractivity contribution in [2.24, 2.45) is 0 Å². The Morgan fingerprint density at radius 2 is 2.04 bits per heavy atom. The zero-order valence-corrected chi connectivity index (χ0v) is 12.6. The van der Waals surface area contributed by atoms with E-state index in [2.05, 4.69) is 15.3 Å². The molecule has 1 aromatic carbocycles. The number of aromatic nitrogens is 3. The van der Waals surface area contributed by atoms with Gasteiger partial charge in [-0.05, 0) is 24.3 Å². The zero-order chi connectivity index (χ0) is 16.7. The van der Waals surface area contributed by atoms with Gasteiger partial charge in [0.05, 0.1) is 11.0 Å². The Hall–Kier alpha value is -3.09. The van der Waals surface area contributed by atoms with Crippen LogP contribution in [-0.2, 0) is 16.1 Å². The minimum absolute atomic E-state index is 0.190. The first-order valence-electron chi connectivity index (χ1n) is 7.53. The van der Waals surface area contributed by atoms with Gasteiger partial charge >= 0.3 is 0 Å². The van der Waals surface area contributed by atoms with Crippen molar-refractivity contribution < 1.29 is 14.0 Å². The first kappa shape index (κ1) is 14.5. The number of imidazole rings is 1. The molecule has 2 aromatic heterocycles. The van der Waals surface area contributed by atoms with Gasteiger partial charge in [0, 0.05) is 37.1 Å². The summed E-state index contributed by atoms with van der Waals surface area (Å²) in [5.74, 6) is -1.67. The summed E-state index contributed by atoms with van der Waals surface area (Å²) in [6.45, 7) is 0.440. The van der Waals surface area contributed by atoms with Crippen LogP contribution in [0, 0.1) is 5.82 Å². The quantitative estimate of drug-likeness (QED) is 0.734. The summed E-state index contributed by atoms with van der Waals surface area (Å²) in [6.07, 6.45) is 3.34. The van der Waals surface area contributed by atoms with Crippen molar-refractivity contribution in [3.63, 3.8) is 0 Å². The van der Waals surface area contributed by atoms with Gasteiger partial charge in [0.1, 0.15) is 11.6 Å². The van der Waals surface area contributed by atoms with Crippen molar-refractivity contribution >= 4 is 28.4 Å². The third-order valence-electron chi connectivity index (χ3n) is 4.11. The summed E-state index contributed by atoms with van der Waals surface area (Å²) >= 11 is 0.